The van der Waals surface area contributed by atoms with Crippen LogP contribution in [0.15, 0.2) is 12.7 Å². The number of rotatable bonds is 1. The van der Waals surface area contributed by atoms with Gasteiger partial charge in [-0.05, 0) is 0 Å². The highest BCUT2D eigenvalue weighted by Crippen LogP contribution is 1.61. The minimum absolute atomic E-state index is 0. The van der Waals surface area contributed by atoms with E-state index >= 15 is 0 Å². The summed E-state index contributed by atoms with van der Waals surface area (Å²) in [7, 11) is 0. The van der Waals surface area contributed by atoms with Crippen LogP contribution in [0.3, 0.4) is 0 Å². The van der Waals surface area contributed by atoms with Crippen molar-refractivity contribution >= 4 is 33.7 Å². The fourth-order valence-corrected chi connectivity index (χ4v) is 0. The molecule has 5 radical (unpaired) electrons. The molecule has 0 unspecified atom stereocenters. The fourth-order valence-electron chi connectivity index (χ4n) is 0. The van der Waals surface area contributed by atoms with Gasteiger partial charge in [0.25, 0.3) is 0 Å². The number of hydrogen-bond donors (Lipinski definition) is 0. The van der Waals surface area contributed by atoms with E-state index in [1.807, 2.05) is 6.08 Å². The summed E-state index contributed by atoms with van der Waals surface area (Å²) in [5.41, 5.74) is 0. The lowest BCUT2D eigenvalue weighted by Crippen LogP contribution is -1.47. The quantitative estimate of drug-likeness (QED) is 0.326. The van der Waals surface area contributed by atoms with Crippen LogP contribution in [0.4, 0.5) is 0 Å². The molecule has 0 aliphatic heterocycles. The van der Waals surface area contributed by atoms with Crippen molar-refractivity contribution in [2.24, 2.45) is 0 Å². The van der Waals surface area contributed by atoms with Gasteiger partial charge in [-0.3, -0.25) is 0 Å². The van der Waals surface area contributed by atoms with Gasteiger partial charge in [0.15, 0.2) is 0 Å². The van der Waals surface area contributed by atoms with E-state index in [2.05, 4.69) is 22.9 Å². The Morgan fingerprint density at radius 1 is 1.80 bits per heavy atom. The van der Waals surface area contributed by atoms with Crippen molar-refractivity contribution in [2.75, 3.05) is 0 Å². The summed E-state index contributed by atoms with van der Waals surface area (Å²) in [6, 6.07) is 0. The van der Waals surface area contributed by atoms with E-state index in [-0.39, 0.29) is 17.4 Å². The van der Waals surface area contributed by atoms with E-state index in [0.717, 1.165) is 5.28 Å². The van der Waals surface area contributed by atoms with Gasteiger partial charge in [0.1, 0.15) is 16.3 Å². The average Bonchev–Trinajstić information content (AvgIpc) is 1.37. The maximum atomic E-state index is 3.46. The van der Waals surface area contributed by atoms with Gasteiger partial charge in [-0.15, -0.1) is 17.9 Å². The third kappa shape index (κ3) is 11.6. The van der Waals surface area contributed by atoms with Crippen LogP contribution in [-0.2, 0) is 0 Å². The summed E-state index contributed by atoms with van der Waals surface area (Å²) in [6.45, 7) is 3.46. The Morgan fingerprint density at radius 3 is 2.00 bits per heavy atom. The lowest BCUT2D eigenvalue weighted by atomic mass is 10.8. The molecule has 0 spiro atoms. The first kappa shape index (κ1) is 9.26. The van der Waals surface area contributed by atoms with Gasteiger partial charge in [-0.1, -0.05) is 0 Å². The van der Waals surface area contributed by atoms with Gasteiger partial charge in [-0.25, -0.2) is 0 Å². The highest BCUT2D eigenvalue weighted by atomic mass is 27.0. The van der Waals surface area contributed by atoms with Crippen molar-refractivity contribution in [3.05, 3.63) is 12.7 Å². The zero-order valence-corrected chi connectivity index (χ0v) is 5.46. The highest BCUT2D eigenvalue weighted by molar-refractivity contribution is 6.09. The van der Waals surface area contributed by atoms with Crippen LogP contribution >= 0.6 is 0 Å². The number of allylic oxidation sites excluding steroid dienone is 1. The molecule has 0 atom stereocenters. The van der Waals surface area contributed by atoms with E-state index in [0.29, 0.717) is 0 Å². The molecule has 0 bridgehead atoms. The molecule has 0 saturated carbocycles. The third-order valence-corrected chi connectivity index (χ3v) is 0.500. The van der Waals surface area contributed by atoms with Crippen molar-refractivity contribution in [1.82, 2.24) is 0 Å². The summed E-state index contributed by atoms with van der Waals surface area (Å²) in [6.07, 6.45) is 1.84. The Morgan fingerprint density at radius 2 is 2.00 bits per heavy atom. The van der Waals surface area contributed by atoms with E-state index in [1.165, 1.54) is 0 Å². The predicted molar refractivity (Wildman–Crippen MR) is 26.5 cm³/mol. The van der Waals surface area contributed by atoms with E-state index in [4.69, 9.17) is 0 Å². The van der Waals surface area contributed by atoms with Gasteiger partial charge in [-0.2, -0.15) is 0 Å². The van der Waals surface area contributed by atoms with Crippen LogP contribution in [0.5, 0.6) is 0 Å². The molecule has 0 nitrogen and oxygen atoms in total. The van der Waals surface area contributed by atoms with E-state index in [1.54, 1.807) is 0 Å². The zero-order chi connectivity index (χ0) is 3.41. The summed E-state index contributed by atoms with van der Waals surface area (Å²) < 4.78 is 0. The Bertz CT molecular complexity index is 18.9. The van der Waals surface area contributed by atoms with Crippen molar-refractivity contribution in [3.8, 4) is 0 Å². The molecule has 0 rings (SSSR count). The lowest BCUT2D eigenvalue weighted by molar-refractivity contribution is 1.76. The smallest absolute Gasteiger partial charge is 0.107 e. The predicted octanol–water partition coefficient (Wildman–Crippen LogP) is 0.378. The third-order valence-electron chi connectivity index (χ3n) is 0.167. The summed E-state index contributed by atoms with van der Waals surface area (Å²) in [5.74, 6) is 0. The van der Waals surface area contributed by atoms with Crippen molar-refractivity contribution in [2.45, 2.75) is 5.28 Å². The first-order valence-corrected chi connectivity index (χ1v) is 2.04. The molecular weight excluding hydrogens is 90.0 g/mol. The Hall–Kier alpha value is 0.805. The SMILES string of the molecule is C=C[CH2][Al].[Al]. The van der Waals surface area contributed by atoms with Crippen LogP contribution in [0.2, 0.25) is 5.28 Å². The highest BCUT2D eigenvalue weighted by Gasteiger charge is 1.46. The minimum atomic E-state index is 0. The van der Waals surface area contributed by atoms with E-state index < -0.39 is 0 Å². The minimum Gasteiger partial charge on any atom is -0.107 e. The molecule has 0 fully saturated rings. The first-order valence-electron chi connectivity index (χ1n) is 1.22. The van der Waals surface area contributed by atoms with Crippen LogP contribution in [0.25, 0.3) is 0 Å². The molecule has 0 aromatic carbocycles. The summed E-state index contributed by atoms with van der Waals surface area (Å²) in [5, 5.41) is 1.00. The Kier molecular flexibility index (Phi) is 16.4. The van der Waals surface area contributed by atoms with Gasteiger partial charge < -0.3 is 0 Å². The van der Waals surface area contributed by atoms with Gasteiger partial charge in [0, 0.05) is 17.4 Å². The molecule has 0 aliphatic rings. The van der Waals surface area contributed by atoms with Crippen molar-refractivity contribution < 1.29 is 0 Å². The van der Waals surface area contributed by atoms with Gasteiger partial charge in [0.05, 0.1) is 0 Å². The first-order chi connectivity index (χ1) is 1.91. The van der Waals surface area contributed by atoms with Gasteiger partial charge in [0.2, 0.25) is 0 Å². The van der Waals surface area contributed by atoms with Crippen molar-refractivity contribution in [3.63, 3.8) is 0 Å². The molecule has 0 N–H and O–H groups in total. The molecule has 0 aromatic heterocycles. The Balaban J connectivity index is 0. The second-order valence-electron chi connectivity index (χ2n) is 0.524. The number of hydrogen-bond acceptors (Lipinski definition) is 0. The summed E-state index contributed by atoms with van der Waals surface area (Å²) in [4.78, 5) is 0. The molecule has 5 heavy (non-hydrogen) atoms. The van der Waals surface area contributed by atoms with Gasteiger partial charge >= 0.3 is 0 Å². The zero-order valence-electron chi connectivity index (χ0n) is 3.15. The second-order valence-corrected chi connectivity index (χ2v) is 0.996. The lowest BCUT2D eigenvalue weighted by Gasteiger charge is -1.58. The van der Waals surface area contributed by atoms with Crippen LogP contribution in [0.1, 0.15) is 0 Å². The normalized spacial score (nSPS) is 4.80. The summed E-state index contributed by atoms with van der Waals surface area (Å²) >= 11 is 2.54. The maximum absolute atomic E-state index is 3.46. The standard InChI is InChI=1S/C3H5.2Al/c1-3-2;;/h3H,1-2H2;;. The Labute approximate surface area is 51.8 Å². The second kappa shape index (κ2) is 8.84. The largest absolute Gasteiger partial charge is 0.124 e. The molecule has 2 heteroatoms. The topological polar surface area (TPSA) is 0 Å². The molecule has 23 valence electrons. The maximum Gasteiger partial charge on any atom is 0.124 e. The average molecular weight is 95.0 g/mol. The van der Waals surface area contributed by atoms with Crippen LogP contribution in [-0.4, -0.2) is 33.7 Å². The molecule has 0 aromatic rings. The van der Waals surface area contributed by atoms with E-state index in [9.17, 15) is 0 Å². The molecule has 0 saturated heterocycles. The monoisotopic (exact) mass is 95.0 g/mol. The molecule has 0 amide bonds. The van der Waals surface area contributed by atoms with Crippen LogP contribution in [0, 0.1) is 0 Å². The molecule has 0 heterocycles. The van der Waals surface area contributed by atoms with Crippen LogP contribution < -0.4 is 0 Å². The fraction of sp³-hybridized carbons (Fsp3) is 0.333. The van der Waals surface area contributed by atoms with Crippen molar-refractivity contribution in [1.29, 1.82) is 0 Å². The molecular formula is C3H5Al2. The molecule has 0 aliphatic carbocycles.